The Morgan fingerprint density at radius 3 is 1.55 bits per heavy atom. The standard InChI is InChI=1S/C21H26N2O4.C16H28BNO4.C11H10BrNO2/c1-21(2,3)27-20(25)23-10-8-14(9-11-23)15-6-7-16-17(19(24)26-5)13-22(4)18(16)12-15;1-14(2,3)20-13(19)18-10-8-12(9-11-18)17-21-15(4,5)16(6,7)22-17;1-13-6-9(11(14)15-2)8-4-3-7(12)5-10(8)13/h6-8,12-13H,9-11H2,1-5H3;8H,9-11H2,1-7H3;3-6H,1-2H3. The Labute approximate surface area is 386 Å². The van der Waals surface area contributed by atoms with E-state index in [1.807, 2.05) is 129 Å². The van der Waals surface area contributed by atoms with Crippen LogP contribution in [0.5, 0.6) is 0 Å². The van der Waals surface area contributed by atoms with E-state index < -0.39 is 11.2 Å². The van der Waals surface area contributed by atoms with Crippen LogP contribution in [-0.2, 0) is 42.4 Å². The lowest BCUT2D eigenvalue weighted by Gasteiger charge is -2.32. The van der Waals surface area contributed by atoms with Crippen LogP contribution in [0.2, 0.25) is 0 Å². The fourth-order valence-corrected chi connectivity index (χ4v) is 7.64. The van der Waals surface area contributed by atoms with Crippen LogP contribution in [0.15, 0.2) is 70.9 Å². The molecule has 7 rings (SSSR count). The van der Waals surface area contributed by atoms with Gasteiger partial charge in [0.2, 0.25) is 0 Å². The Bertz CT molecular complexity index is 2440. The summed E-state index contributed by atoms with van der Waals surface area (Å²) in [5, 5.41) is 1.78. The summed E-state index contributed by atoms with van der Waals surface area (Å²) in [4.78, 5) is 51.1. The molecule has 1 saturated heterocycles. The third-order valence-corrected chi connectivity index (χ3v) is 11.9. The number of benzene rings is 2. The summed E-state index contributed by atoms with van der Waals surface area (Å²) in [6.07, 6.45) is 8.63. The van der Waals surface area contributed by atoms with Gasteiger partial charge in [-0.25, -0.2) is 19.2 Å². The van der Waals surface area contributed by atoms with E-state index in [1.54, 1.807) is 22.2 Å². The summed E-state index contributed by atoms with van der Waals surface area (Å²) in [5.41, 5.74) is 4.93. The van der Waals surface area contributed by atoms with Gasteiger partial charge in [-0.1, -0.05) is 46.3 Å². The van der Waals surface area contributed by atoms with Crippen molar-refractivity contribution >= 4 is 74.6 Å². The molecule has 2 aromatic heterocycles. The molecule has 0 spiro atoms. The lowest BCUT2D eigenvalue weighted by atomic mass is 9.75. The number of rotatable bonds is 4. The van der Waals surface area contributed by atoms with Crippen LogP contribution in [-0.4, -0.2) is 113 Å². The van der Waals surface area contributed by atoms with Crippen molar-refractivity contribution in [1.82, 2.24) is 18.9 Å². The van der Waals surface area contributed by atoms with Crippen molar-refractivity contribution in [2.75, 3.05) is 40.4 Å². The maximum atomic E-state index is 12.2. The van der Waals surface area contributed by atoms with Gasteiger partial charge >= 0.3 is 31.2 Å². The van der Waals surface area contributed by atoms with Crippen molar-refractivity contribution in [1.29, 1.82) is 0 Å². The van der Waals surface area contributed by atoms with Gasteiger partial charge in [0.15, 0.2) is 0 Å². The van der Waals surface area contributed by atoms with Crippen molar-refractivity contribution in [3.05, 3.63) is 87.6 Å². The first kappa shape index (κ1) is 50.0. The van der Waals surface area contributed by atoms with Crippen molar-refractivity contribution in [2.45, 2.75) is 104 Å². The molecular weight excluding hydrogens is 883 g/mol. The van der Waals surface area contributed by atoms with Gasteiger partial charge in [-0.2, -0.15) is 0 Å². The fourth-order valence-electron chi connectivity index (χ4n) is 7.30. The summed E-state index contributed by atoms with van der Waals surface area (Å²) in [6, 6.07) is 11.8. The van der Waals surface area contributed by atoms with E-state index in [2.05, 4.69) is 28.1 Å². The SMILES string of the molecule is CC(C)(C)OC(=O)N1CC=C(B2OC(C)(C)C(C)(C)O2)CC1.COC(=O)c1cn(C)c2cc(Br)ccc12.COC(=O)c1cn(C)c2cc(C3=CCN(C(=O)OC(C)(C)C)CC3)ccc12. The summed E-state index contributed by atoms with van der Waals surface area (Å²) in [7, 11) is 6.28. The Kier molecular flexibility index (Phi) is 15.3. The van der Waals surface area contributed by atoms with Gasteiger partial charge in [0.1, 0.15) is 11.2 Å². The molecular formula is C48H64BBrN4O10. The van der Waals surface area contributed by atoms with E-state index in [-0.39, 0.29) is 42.4 Å². The minimum absolute atomic E-state index is 0.267. The van der Waals surface area contributed by atoms with Crippen LogP contribution in [0.3, 0.4) is 0 Å². The highest BCUT2D eigenvalue weighted by Crippen LogP contribution is 2.39. The number of methoxy groups -OCH3 is 2. The van der Waals surface area contributed by atoms with E-state index in [0.29, 0.717) is 37.3 Å². The van der Waals surface area contributed by atoms with Gasteiger partial charge < -0.3 is 47.2 Å². The summed E-state index contributed by atoms with van der Waals surface area (Å²) in [5.74, 6) is -0.638. The van der Waals surface area contributed by atoms with Crippen LogP contribution in [0.4, 0.5) is 9.59 Å². The summed E-state index contributed by atoms with van der Waals surface area (Å²) < 4.78 is 37.4. The zero-order valence-corrected chi connectivity index (χ0v) is 41.4. The average Bonchev–Trinajstić information content (AvgIpc) is 3.81. The molecule has 2 aromatic carbocycles. The van der Waals surface area contributed by atoms with E-state index in [1.165, 1.54) is 19.8 Å². The Hall–Kier alpha value is -5.06. The number of carbonyl (C=O) groups excluding carboxylic acids is 4. The predicted molar refractivity (Wildman–Crippen MR) is 253 cm³/mol. The quantitative estimate of drug-likeness (QED) is 0.110. The van der Waals surface area contributed by atoms with Crippen LogP contribution in [0.25, 0.3) is 27.4 Å². The average molecular weight is 948 g/mol. The van der Waals surface area contributed by atoms with Gasteiger partial charge in [-0.15, -0.1) is 0 Å². The molecule has 0 N–H and O–H groups in total. The number of aryl methyl sites for hydroxylation is 2. The number of aromatic nitrogens is 2. The Morgan fingerprint density at radius 1 is 0.672 bits per heavy atom. The molecule has 0 bridgehead atoms. The minimum atomic E-state index is -0.490. The van der Waals surface area contributed by atoms with E-state index in [9.17, 15) is 19.2 Å². The molecule has 0 atom stereocenters. The molecule has 2 amide bonds. The van der Waals surface area contributed by atoms with Crippen molar-refractivity contribution < 1.29 is 47.4 Å². The number of hydrogen-bond acceptors (Lipinski definition) is 10. The number of esters is 2. The van der Waals surface area contributed by atoms with Crippen LogP contribution in [0, 0.1) is 0 Å². The van der Waals surface area contributed by atoms with Crippen molar-refractivity contribution in [3.63, 3.8) is 0 Å². The second-order valence-electron chi connectivity index (χ2n) is 19.1. The molecule has 3 aliphatic heterocycles. The minimum Gasteiger partial charge on any atom is -0.465 e. The Morgan fingerprint density at radius 2 is 1.12 bits per heavy atom. The van der Waals surface area contributed by atoms with E-state index >= 15 is 0 Å². The van der Waals surface area contributed by atoms with Gasteiger partial charge in [0, 0.05) is 78.9 Å². The Balaban J connectivity index is 0.000000188. The highest BCUT2D eigenvalue weighted by Gasteiger charge is 2.52. The monoisotopic (exact) mass is 946 g/mol. The highest BCUT2D eigenvalue weighted by atomic mass is 79.9. The third kappa shape index (κ3) is 12.0. The predicted octanol–water partition coefficient (Wildman–Crippen LogP) is 9.90. The van der Waals surface area contributed by atoms with Crippen LogP contribution >= 0.6 is 15.9 Å². The van der Waals surface area contributed by atoms with Crippen molar-refractivity contribution in [2.24, 2.45) is 14.1 Å². The number of nitrogens with zero attached hydrogens (tertiary/aromatic N) is 4. The van der Waals surface area contributed by atoms with E-state index in [4.69, 9.17) is 28.3 Å². The molecule has 14 nitrogen and oxygen atoms in total. The molecule has 346 valence electrons. The number of carbonyl (C=O) groups is 4. The molecule has 0 unspecified atom stereocenters. The zero-order chi connectivity index (χ0) is 47.5. The van der Waals surface area contributed by atoms with Gasteiger partial charge in [-0.3, -0.25) is 0 Å². The van der Waals surface area contributed by atoms with Gasteiger partial charge in [0.25, 0.3) is 0 Å². The smallest absolute Gasteiger partial charge is 0.465 e. The van der Waals surface area contributed by atoms with Gasteiger partial charge in [-0.05, 0) is 117 Å². The molecule has 16 heteroatoms. The molecule has 0 aliphatic carbocycles. The maximum Gasteiger partial charge on any atom is 0.490 e. The first-order chi connectivity index (χ1) is 29.7. The number of hydrogen-bond donors (Lipinski definition) is 0. The lowest BCUT2D eigenvalue weighted by Crippen LogP contribution is -2.41. The second-order valence-corrected chi connectivity index (χ2v) is 20.0. The molecule has 4 aromatic rings. The first-order valence-electron chi connectivity index (χ1n) is 21.4. The first-order valence-corrected chi connectivity index (χ1v) is 22.2. The fraction of sp³-hybridized carbons (Fsp3) is 0.500. The van der Waals surface area contributed by atoms with Crippen molar-refractivity contribution in [3.8, 4) is 0 Å². The molecule has 1 fully saturated rings. The zero-order valence-electron chi connectivity index (χ0n) is 39.8. The molecule has 3 aliphatic rings. The lowest BCUT2D eigenvalue weighted by molar-refractivity contribution is 0.00578. The summed E-state index contributed by atoms with van der Waals surface area (Å²) >= 11 is 3.40. The van der Waals surface area contributed by atoms with Crippen LogP contribution < -0.4 is 0 Å². The summed E-state index contributed by atoms with van der Waals surface area (Å²) in [6.45, 7) is 21.7. The molecule has 5 heterocycles. The largest absolute Gasteiger partial charge is 0.490 e. The van der Waals surface area contributed by atoms with Crippen LogP contribution in [0.1, 0.15) is 108 Å². The molecule has 64 heavy (non-hydrogen) atoms. The number of amides is 2. The maximum absolute atomic E-state index is 12.2. The second kappa shape index (κ2) is 19.6. The number of halogens is 1. The number of fused-ring (bicyclic) bond motifs is 2. The molecule has 0 saturated carbocycles. The van der Waals surface area contributed by atoms with Gasteiger partial charge in [0.05, 0.1) is 36.5 Å². The highest BCUT2D eigenvalue weighted by molar-refractivity contribution is 9.10. The molecule has 0 radical (unpaired) electrons. The topological polar surface area (TPSA) is 140 Å². The third-order valence-electron chi connectivity index (χ3n) is 11.4. The number of ether oxygens (including phenoxy) is 4. The van der Waals surface area contributed by atoms with E-state index in [0.717, 1.165) is 50.2 Å². The normalized spacial score (nSPS) is 17.1.